The molecule has 0 spiro atoms. The molecule has 2 aromatic carbocycles. The molecular formula is C25H23FN4O2S. The Morgan fingerprint density at radius 1 is 0.970 bits per heavy atom. The molecule has 33 heavy (non-hydrogen) atoms. The number of hydrogen-bond acceptors (Lipinski definition) is 5. The Labute approximate surface area is 194 Å². The lowest BCUT2D eigenvalue weighted by molar-refractivity contribution is -0.113. The van der Waals surface area contributed by atoms with Crippen LogP contribution in [-0.2, 0) is 4.79 Å². The van der Waals surface area contributed by atoms with E-state index in [1.165, 1.54) is 29.5 Å². The minimum Gasteiger partial charge on any atom is -0.308 e. The van der Waals surface area contributed by atoms with E-state index in [-0.39, 0.29) is 17.3 Å². The Bertz CT molecular complexity index is 1440. The van der Waals surface area contributed by atoms with Gasteiger partial charge in [0.25, 0.3) is 11.5 Å². The van der Waals surface area contributed by atoms with Gasteiger partial charge in [-0.05, 0) is 36.8 Å². The molecule has 8 heteroatoms. The maximum Gasteiger partial charge on any atom is 0.291 e. The second-order valence-electron chi connectivity index (χ2n) is 8.14. The van der Waals surface area contributed by atoms with E-state index in [0.29, 0.717) is 33.0 Å². The maximum atomic E-state index is 13.4. The number of carbonyl (C=O) groups excluding carboxylic acids is 1. The predicted molar refractivity (Wildman–Crippen MR) is 128 cm³/mol. The average molecular weight is 463 g/mol. The zero-order valence-electron chi connectivity index (χ0n) is 18.3. The summed E-state index contributed by atoms with van der Waals surface area (Å²) < 4.78 is 14.8. The number of aromatic nitrogens is 3. The van der Waals surface area contributed by atoms with Gasteiger partial charge in [-0.25, -0.2) is 4.39 Å². The van der Waals surface area contributed by atoms with Gasteiger partial charge in [0.2, 0.25) is 4.96 Å². The molecule has 0 saturated carbocycles. The number of fused-ring (bicyclic) bond motifs is 2. The van der Waals surface area contributed by atoms with Gasteiger partial charge < -0.3 is 4.90 Å². The minimum atomic E-state index is -0.362. The quantitative estimate of drug-likeness (QED) is 0.386. The highest BCUT2D eigenvalue weighted by Gasteiger charge is 2.33. The highest BCUT2D eigenvalue weighted by Crippen LogP contribution is 2.35. The summed E-state index contributed by atoms with van der Waals surface area (Å²) in [6.45, 7) is 2.81. The normalized spacial score (nSPS) is 15.0. The van der Waals surface area contributed by atoms with E-state index in [0.717, 1.165) is 41.9 Å². The highest BCUT2D eigenvalue weighted by atomic mass is 32.1. The molecule has 0 aliphatic carbocycles. The Balaban J connectivity index is 1.54. The van der Waals surface area contributed by atoms with Gasteiger partial charge in [-0.3, -0.25) is 9.59 Å². The summed E-state index contributed by atoms with van der Waals surface area (Å²) in [5, 5.41) is 4.33. The molecule has 3 heterocycles. The Morgan fingerprint density at radius 2 is 1.73 bits per heavy atom. The van der Waals surface area contributed by atoms with Crippen LogP contribution in [0.25, 0.3) is 21.9 Å². The van der Waals surface area contributed by atoms with Crippen molar-refractivity contribution in [2.75, 3.05) is 11.4 Å². The Hall–Kier alpha value is -3.39. The molecule has 1 aliphatic rings. The van der Waals surface area contributed by atoms with E-state index < -0.39 is 0 Å². The summed E-state index contributed by atoms with van der Waals surface area (Å²) >= 11 is 1.16. The van der Waals surface area contributed by atoms with Crippen molar-refractivity contribution in [1.82, 2.24) is 14.6 Å². The molecule has 0 bridgehead atoms. The summed E-state index contributed by atoms with van der Waals surface area (Å²) in [7, 11) is 0. The average Bonchev–Trinajstić information content (AvgIpc) is 3.45. The lowest BCUT2D eigenvalue weighted by atomic mass is 10.1. The van der Waals surface area contributed by atoms with Crippen molar-refractivity contribution in [3.63, 3.8) is 0 Å². The van der Waals surface area contributed by atoms with Crippen LogP contribution >= 0.6 is 11.3 Å². The fourth-order valence-corrected chi connectivity index (χ4v) is 5.20. The SMILES string of the molecule is CCCCCCCN1C(=O)/C(=c2\sc3nc(-c4ccc(F)cc4)nn3c2=O)c2ccccc21. The highest BCUT2D eigenvalue weighted by molar-refractivity contribution is 7.15. The Kier molecular flexibility index (Phi) is 5.76. The largest absolute Gasteiger partial charge is 0.308 e. The molecule has 4 aromatic rings. The summed E-state index contributed by atoms with van der Waals surface area (Å²) in [5.74, 6) is -0.148. The van der Waals surface area contributed by atoms with Crippen LogP contribution < -0.4 is 15.0 Å². The van der Waals surface area contributed by atoms with Crippen molar-refractivity contribution in [3.05, 3.63) is 74.8 Å². The summed E-state index contributed by atoms with van der Waals surface area (Å²) in [6.07, 6.45) is 5.53. The molecule has 0 radical (unpaired) electrons. The van der Waals surface area contributed by atoms with Crippen LogP contribution in [-0.4, -0.2) is 27.0 Å². The first kappa shape index (κ1) is 21.5. The number of nitrogens with zero attached hydrogens (tertiary/aromatic N) is 4. The third-order valence-electron chi connectivity index (χ3n) is 5.90. The summed E-state index contributed by atoms with van der Waals surface area (Å²) in [5.41, 5.74) is 2.30. The minimum absolute atomic E-state index is 0.146. The molecule has 1 amide bonds. The molecule has 0 saturated heterocycles. The van der Waals surface area contributed by atoms with Gasteiger partial charge in [0.15, 0.2) is 5.82 Å². The van der Waals surface area contributed by atoms with Crippen molar-refractivity contribution in [2.24, 2.45) is 0 Å². The van der Waals surface area contributed by atoms with Crippen molar-refractivity contribution in [1.29, 1.82) is 0 Å². The van der Waals surface area contributed by atoms with E-state index in [1.807, 2.05) is 24.3 Å². The van der Waals surface area contributed by atoms with Crippen molar-refractivity contribution < 1.29 is 9.18 Å². The molecule has 5 rings (SSSR count). The van der Waals surface area contributed by atoms with E-state index in [9.17, 15) is 14.0 Å². The van der Waals surface area contributed by atoms with Crippen LogP contribution in [0.4, 0.5) is 10.1 Å². The molecule has 2 aromatic heterocycles. The number of anilines is 1. The number of hydrogen-bond donors (Lipinski definition) is 0. The fraction of sp³-hybridized carbons (Fsp3) is 0.280. The number of rotatable bonds is 7. The fourth-order valence-electron chi connectivity index (χ4n) is 4.20. The van der Waals surface area contributed by atoms with Crippen molar-refractivity contribution in [2.45, 2.75) is 39.0 Å². The maximum absolute atomic E-state index is 13.4. The zero-order chi connectivity index (χ0) is 22.9. The monoisotopic (exact) mass is 462 g/mol. The van der Waals surface area contributed by atoms with Gasteiger partial charge >= 0.3 is 0 Å². The first-order valence-electron chi connectivity index (χ1n) is 11.2. The second-order valence-corrected chi connectivity index (χ2v) is 9.11. The standard InChI is InChI=1S/C25H23FN4O2S/c1-2-3-4-5-8-15-29-19-10-7-6-9-18(19)20(23(29)31)21-24(32)30-25(33-21)27-22(28-30)16-11-13-17(26)14-12-16/h6-7,9-14H,2-5,8,15H2,1H3/b21-20-. The number of para-hydroxylation sites is 1. The van der Waals surface area contributed by atoms with E-state index in [1.54, 1.807) is 17.0 Å². The molecule has 0 fully saturated rings. The van der Waals surface area contributed by atoms with Crippen molar-refractivity contribution in [3.8, 4) is 11.4 Å². The third kappa shape index (κ3) is 3.84. The summed E-state index contributed by atoms with van der Waals surface area (Å²) in [6, 6.07) is 13.4. The van der Waals surface area contributed by atoms with Crippen LogP contribution in [0.15, 0.2) is 53.3 Å². The Morgan fingerprint density at radius 3 is 2.48 bits per heavy atom. The van der Waals surface area contributed by atoms with Crippen LogP contribution in [0.3, 0.4) is 0 Å². The predicted octanol–water partition coefficient (Wildman–Crippen LogP) is 4.19. The van der Waals surface area contributed by atoms with Crippen LogP contribution in [0.2, 0.25) is 0 Å². The molecule has 6 nitrogen and oxygen atoms in total. The molecule has 1 aliphatic heterocycles. The van der Waals surface area contributed by atoms with Gasteiger partial charge in [-0.15, -0.1) is 5.10 Å². The van der Waals surface area contributed by atoms with Crippen LogP contribution in [0.1, 0.15) is 44.6 Å². The number of carbonyl (C=O) groups is 1. The number of benzene rings is 2. The van der Waals surface area contributed by atoms with E-state index in [4.69, 9.17) is 0 Å². The number of thiazole rings is 1. The van der Waals surface area contributed by atoms with E-state index >= 15 is 0 Å². The molecular weight excluding hydrogens is 439 g/mol. The number of amides is 1. The first-order valence-corrected chi connectivity index (χ1v) is 12.0. The van der Waals surface area contributed by atoms with Crippen molar-refractivity contribution >= 4 is 33.5 Å². The summed E-state index contributed by atoms with van der Waals surface area (Å²) in [4.78, 5) is 33.3. The first-order chi connectivity index (χ1) is 16.1. The molecule has 0 atom stereocenters. The molecule has 0 N–H and O–H groups in total. The molecule has 168 valence electrons. The lowest BCUT2D eigenvalue weighted by Gasteiger charge is -2.16. The van der Waals surface area contributed by atoms with Gasteiger partial charge in [0.1, 0.15) is 10.3 Å². The number of unbranched alkanes of at least 4 members (excludes halogenated alkanes) is 4. The number of halogens is 1. The molecule has 0 unspecified atom stereocenters. The third-order valence-corrected chi connectivity index (χ3v) is 6.93. The topological polar surface area (TPSA) is 67.6 Å². The van der Waals surface area contributed by atoms with Gasteiger partial charge in [-0.1, -0.05) is 62.1 Å². The van der Waals surface area contributed by atoms with Crippen LogP contribution in [0, 0.1) is 5.82 Å². The van der Waals surface area contributed by atoms with Gasteiger partial charge in [0, 0.05) is 17.7 Å². The second kappa shape index (κ2) is 8.86. The smallest absolute Gasteiger partial charge is 0.291 e. The zero-order valence-corrected chi connectivity index (χ0v) is 19.1. The van der Waals surface area contributed by atoms with Gasteiger partial charge in [-0.2, -0.15) is 9.50 Å². The van der Waals surface area contributed by atoms with Gasteiger partial charge in [0.05, 0.1) is 11.3 Å². The van der Waals surface area contributed by atoms with E-state index in [2.05, 4.69) is 17.0 Å². The lowest BCUT2D eigenvalue weighted by Crippen LogP contribution is -2.33. The van der Waals surface area contributed by atoms with Crippen LogP contribution in [0.5, 0.6) is 0 Å².